The van der Waals surface area contributed by atoms with Crippen LogP contribution in [0.3, 0.4) is 0 Å². The second-order valence-electron chi connectivity index (χ2n) is 5.66. The molecule has 1 unspecified atom stereocenters. The van der Waals surface area contributed by atoms with Crippen LogP contribution in [-0.2, 0) is 4.79 Å². The number of aryl methyl sites for hydroxylation is 1. The van der Waals surface area contributed by atoms with Gasteiger partial charge in [-0.3, -0.25) is 4.79 Å². The number of carbonyl (C=O) groups excluding carboxylic acids is 1. The van der Waals surface area contributed by atoms with Crippen molar-refractivity contribution in [3.05, 3.63) is 65.7 Å². The normalized spacial score (nSPS) is 11.8. The molecule has 2 aromatic carbocycles. The standard InChI is InChI=1S/C19H24N2O2/c1-15-9-11-16(12-10-15)18(20)19(22)21(2)13-6-14-23-17-7-4-3-5-8-17/h3-5,7-12,18H,6,13-14,20H2,1-2H3. The Morgan fingerprint density at radius 1 is 1.13 bits per heavy atom. The summed E-state index contributed by atoms with van der Waals surface area (Å²) in [5.41, 5.74) is 8.06. The number of amides is 1. The average Bonchev–Trinajstić information content (AvgIpc) is 2.59. The van der Waals surface area contributed by atoms with Crippen LogP contribution in [0.5, 0.6) is 5.75 Å². The number of carbonyl (C=O) groups is 1. The van der Waals surface area contributed by atoms with Gasteiger partial charge in [-0.2, -0.15) is 0 Å². The first-order chi connectivity index (χ1) is 11.1. The largest absolute Gasteiger partial charge is 0.494 e. The molecule has 0 spiro atoms. The van der Waals surface area contributed by atoms with Gasteiger partial charge >= 0.3 is 0 Å². The first kappa shape index (κ1) is 17.0. The molecular weight excluding hydrogens is 288 g/mol. The van der Waals surface area contributed by atoms with Gasteiger partial charge in [0.05, 0.1) is 6.61 Å². The molecule has 0 aliphatic rings. The first-order valence-electron chi connectivity index (χ1n) is 7.83. The molecule has 0 radical (unpaired) electrons. The molecule has 1 atom stereocenters. The number of likely N-dealkylation sites (N-methyl/N-ethyl adjacent to an activating group) is 1. The van der Waals surface area contributed by atoms with Crippen molar-refractivity contribution in [3.63, 3.8) is 0 Å². The van der Waals surface area contributed by atoms with E-state index in [1.165, 1.54) is 0 Å². The van der Waals surface area contributed by atoms with Crippen molar-refractivity contribution in [1.82, 2.24) is 4.90 Å². The molecule has 0 aliphatic carbocycles. The predicted molar refractivity (Wildman–Crippen MR) is 92.3 cm³/mol. The second kappa shape index (κ2) is 8.34. The van der Waals surface area contributed by atoms with Crippen molar-refractivity contribution in [2.75, 3.05) is 20.2 Å². The van der Waals surface area contributed by atoms with Crippen molar-refractivity contribution < 1.29 is 9.53 Å². The lowest BCUT2D eigenvalue weighted by Crippen LogP contribution is -2.36. The van der Waals surface area contributed by atoms with E-state index in [4.69, 9.17) is 10.5 Å². The summed E-state index contributed by atoms with van der Waals surface area (Å²) in [6.07, 6.45) is 0.762. The molecule has 0 aromatic heterocycles. The van der Waals surface area contributed by atoms with Gasteiger partial charge in [0.15, 0.2) is 0 Å². The van der Waals surface area contributed by atoms with E-state index in [0.717, 1.165) is 23.3 Å². The third-order valence-corrected chi connectivity index (χ3v) is 3.73. The lowest BCUT2D eigenvalue weighted by atomic mass is 10.0. The molecule has 0 saturated carbocycles. The van der Waals surface area contributed by atoms with Crippen LogP contribution in [0.1, 0.15) is 23.6 Å². The number of hydrogen-bond acceptors (Lipinski definition) is 3. The van der Waals surface area contributed by atoms with Crippen molar-refractivity contribution in [1.29, 1.82) is 0 Å². The number of nitrogens with two attached hydrogens (primary N) is 1. The van der Waals surface area contributed by atoms with E-state index in [1.54, 1.807) is 11.9 Å². The smallest absolute Gasteiger partial charge is 0.243 e. The maximum Gasteiger partial charge on any atom is 0.243 e. The van der Waals surface area contributed by atoms with E-state index in [2.05, 4.69) is 0 Å². The van der Waals surface area contributed by atoms with E-state index in [1.807, 2.05) is 61.5 Å². The summed E-state index contributed by atoms with van der Waals surface area (Å²) in [4.78, 5) is 14.0. The molecule has 122 valence electrons. The third kappa shape index (κ3) is 5.11. The monoisotopic (exact) mass is 312 g/mol. The fraction of sp³-hybridized carbons (Fsp3) is 0.316. The predicted octanol–water partition coefficient (Wildman–Crippen LogP) is 2.92. The third-order valence-electron chi connectivity index (χ3n) is 3.73. The zero-order valence-corrected chi connectivity index (χ0v) is 13.7. The van der Waals surface area contributed by atoms with Crippen LogP contribution in [0.25, 0.3) is 0 Å². The molecule has 0 bridgehead atoms. The van der Waals surface area contributed by atoms with Gasteiger partial charge in [0.25, 0.3) is 0 Å². The van der Waals surface area contributed by atoms with Crippen molar-refractivity contribution in [2.45, 2.75) is 19.4 Å². The van der Waals surface area contributed by atoms with Gasteiger partial charge < -0.3 is 15.4 Å². The van der Waals surface area contributed by atoms with Gasteiger partial charge in [-0.25, -0.2) is 0 Å². The van der Waals surface area contributed by atoms with Crippen molar-refractivity contribution in [3.8, 4) is 5.75 Å². The minimum atomic E-state index is -0.615. The molecule has 2 aromatic rings. The Bertz CT molecular complexity index is 611. The summed E-state index contributed by atoms with van der Waals surface area (Å²) in [5.74, 6) is 0.770. The van der Waals surface area contributed by atoms with Crippen LogP contribution in [0, 0.1) is 6.92 Å². The molecule has 0 fully saturated rings. The maximum atomic E-state index is 12.4. The van der Waals surface area contributed by atoms with Gasteiger partial charge in [-0.1, -0.05) is 48.0 Å². The topological polar surface area (TPSA) is 55.6 Å². The van der Waals surface area contributed by atoms with Gasteiger partial charge in [0, 0.05) is 13.6 Å². The van der Waals surface area contributed by atoms with Crippen LogP contribution in [-0.4, -0.2) is 31.0 Å². The lowest BCUT2D eigenvalue weighted by molar-refractivity contribution is -0.131. The molecule has 4 heteroatoms. The van der Waals surface area contributed by atoms with Crippen LogP contribution in [0.2, 0.25) is 0 Å². The zero-order valence-electron chi connectivity index (χ0n) is 13.7. The van der Waals surface area contributed by atoms with E-state index in [-0.39, 0.29) is 5.91 Å². The number of nitrogens with zero attached hydrogens (tertiary/aromatic N) is 1. The Morgan fingerprint density at radius 2 is 1.78 bits per heavy atom. The Hall–Kier alpha value is -2.33. The maximum absolute atomic E-state index is 12.4. The van der Waals surface area contributed by atoms with Crippen LogP contribution >= 0.6 is 0 Å². The van der Waals surface area contributed by atoms with Crippen LogP contribution in [0.15, 0.2) is 54.6 Å². The molecule has 1 amide bonds. The highest BCUT2D eigenvalue weighted by Gasteiger charge is 2.19. The van der Waals surface area contributed by atoms with E-state index in [9.17, 15) is 4.79 Å². The number of rotatable bonds is 7. The lowest BCUT2D eigenvalue weighted by Gasteiger charge is -2.21. The Labute approximate surface area is 137 Å². The molecule has 0 heterocycles. The summed E-state index contributed by atoms with van der Waals surface area (Å²) in [6, 6.07) is 16.8. The molecule has 2 rings (SSSR count). The molecule has 4 nitrogen and oxygen atoms in total. The van der Waals surface area contributed by atoms with Gasteiger partial charge in [0.2, 0.25) is 5.91 Å². The van der Waals surface area contributed by atoms with E-state index < -0.39 is 6.04 Å². The Morgan fingerprint density at radius 3 is 2.43 bits per heavy atom. The minimum Gasteiger partial charge on any atom is -0.494 e. The number of hydrogen-bond donors (Lipinski definition) is 1. The summed E-state index contributed by atoms with van der Waals surface area (Å²) in [5, 5.41) is 0. The molecule has 23 heavy (non-hydrogen) atoms. The van der Waals surface area contributed by atoms with Crippen molar-refractivity contribution in [2.24, 2.45) is 5.73 Å². The van der Waals surface area contributed by atoms with Crippen molar-refractivity contribution >= 4 is 5.91 Å². The Kier molecular flexibility index (Phi) is 6.18. The van der Waals surface area contributed by atoms with Gasteiger partial charge in [0.1, 0.15) is 11.8 Å². The summed E-state index contributed by atoms with van der Waals surface area (Å²) in [6.45, 7) is 3.20. The fourth-order valence-corrected chi connectivity index (χ4v) is 2.27. The van der Waals surface area contributed by atoms with E-state index >= 15 is 0 Å². The molecule has 0 saturated heterocycles. The van der Waals surface area contributed by atoms with Gasteiger partial charge in [-0.05, 0) is 31.0 Å². The first-order valence-corrected chi connectivity index (χ1v) is 7.83. The average molecular weight is 312 g/mol. The highest BCUT2D eigenvalue weighted by Crippen LogP contribution is 2.14. The molecule has 2 N–H and O–H groups in total. The number of ether oxygens (including phenoxy) is 1. The Balaban J connectivity index is 1.77. The number of para-hydroxylation sites is 1. The summed E-state index contributed by atoms with van der Waals surface area (Å²) >= 11 is 0. The minimum absolute atomic E-state index is 0.0754. The number of benzene rings is 2. The van der Waals surface area contributed by atoms with Gasteiger partial charge in [-0.15, -0.1) is 0 Å². The molecular formula is C19H24N2O2. The fourth-order valence-electron chi connectivity index (χ4n) is 2.27. The zero-order chi connectivity index (χ0) is 16.7. The summed E-state index contributed by atoms with van der Waals surface area (Å²) < 4.78 is 5.63. The van der Waals surface area contributed by atoms with Crippen LogP contribution < -0.4 is 10.5 Å². The highest BCUT2D eigenvalue weighted by molar-refractivity contribution is 5.82. The SMILES string of the molecule is Cc1ccc(C(N)C(=O)N(C)CCCOc2ccccc2)cc1. The highest BCUT2D eigenvalue weighted by atomic mass is 16.5. The summed E-state index contributed by atoms with van der Waals surface area (Å²) in [7, 11) is 1.78. The second-order valence-corrected chi connectivity index (χ2v) is 5.66. The van der Waals surface area contributed by atoms with Crippen LogP contribution in [0.4, 0.5) is 0 Å². The van der Waals surface area contributed by atoms with E-state index in [0.29, 0.717) is 13.2 Å². The molecule has 0 aliphatic heterocycles. The quantitative estimate of drug-likeness (QED) is 0.800.